The zero-order chi connectivity index (χ0) is 11.3. The minimum absolute atomic E-state index is 0.0738. The van der Waals surface area contributed by atoms with E-state index in [0.29, 0.717) is 6.61 Å². The Morgan fingerprint density at radius 2 is 2.33 bits per heavy atom. The standard InChI is InChI=1S/C11H15NO3/c1-2-15-9-5-3-4-8(6-9)10(12)7-11(13)14/h3-6,10H,2,7,12H2,1H3,(H,13,14)/t10-/m1/s1. The fourth-order valence-corrected chi connectivity index (χ4v) is 1.34. The fourth-order valence-electron chi connectivity index (χ4n) is 1.34. The van der Waals surface area contributed by atoms with Crippen molar-refractivity contribution in [2.45, 2.75) is 19.4 Å². The highest BCUT2D eigenvalue weighted by molar-refractivity contribution is 5.65. The van der Waals surface area contributed by atoms with Gasteiger partial charge in [0.15, 0.2) is 0 Å². The summed E-state index contributed by atoms with van der Waals surface area (Å²) < 4.78 is 5.31. The van der Waals surface area contributed by atoms with Crippen LogP contribution in [0.5, 0.6) is 5.75 Å². The summed E-state index contributed by atoms with van der Waals surface area (Å²) in [5, 5.41) is 10.4. The lowest BCUT2D eigenvalue weighted by Crippen LogP contribution is -2.55. The Hall–Kier alpha value is -1.55. The fraction of sp³-hybridized carbons (Fsp3) is 0.364. The van der Waals surface area contributed by atoms with Crippen LogP contribution in [0.1, 0.15) is 24.9 Å². The topological polar surface area (TPSA) is 77.0 Å². The smallest absolute Gasteiger partial charge is 0.119 e. The lowest BCUT2D eigenvalue weighted by atomic mass is 10.0. The van der Waals surface area contributed by atoms with E-state index in [-0.39, 0.29) is 12.5 Å². The average Bonchev–Trinajstić information content (AvgIpc) is 2.17. The highest BCUT2D eigenvalue weighted by atomic mass is 16.5. The lowest BCUT2D eigenvalue weighted by molar-refractivity contribution is -0.430. The molecule has 4 heteroatoms. The number of hydrogen-bond acceptors (Lipinski definition) is 3. The molecule has 0 unspecified atom stereocenters. The van der Waals surface area contributed by atoms with Gasteiger partial charge in [-0.1, -0.05) is 12.1 Å². The van der Waals surface area contributed by atoms with Crippen LogP contribution in [-0.4, -0.2) is 12.6 Å². The molecule has 0 heterocycles. The van der Waals surface area contributed by atoms with Crippen LogP contribution in [-0.2, 0) is 4.79 Å². The van der Waals surface area contributed by atoms with Gasteiger partial charge in [0.2, 0.25) is 0 Å². The molecule has 0 bridgehead atoms. The Morgan fingerprint density at radius 1 is 1.60 bits per heavy atom. The monoisotopic (exact) mass is 209 g/mol. The summed E-state index contributed by atoms with van der Waals surface area (Å²) in [6.45, 7) is 2.49. The van der Waals surface area contributed by atoms with Crippen molar-refractivity contribution < 1.29 is 20.4 Å². The van der Waals surface area contributed by atoms with Crippen molar-refractivity contribution in [2.24, 2.45) is 0 Å². The maximum atomic E-state index is 10.4. The van der Waals surface area contributed by atoms with Gasteiger partial charge in [-0.2, -0.15) is 0 Å². The van der Waals surface area contributed by atoms with E-state index < -0.39 is 5.97 Å². The van der Waals surface area contributed by atoms with E-state index in [2.05, 4.69) is 5.73 Å². The van der Waals surface area contributed by atoms with Crippen LogP contribution in [0.25, 0.3) is 0 Å². The summed E-state index contributed by atoms with van der Waals surface area (Å²) in [5.41, 5.74) is 4.63. The molecule has 4 nitrogen and oxygen atoms in total. The molecular formula is C11H15NO3. The highest BCUT2D eigenvalue weighted by Crippen LogP contribution is 2.18. The highest BCUT2D eigenvalue weighted by Gasteiger charge is 2.10. The number of carboxylic acids is 1. The van der Waals surface area contributed by atoms with Crippen molar-refractivity contribution in [1.82, 2.24) is 0 Å². The van der Waals surface area contributed by atoms with Crippen LogP contribution < -0.4 is 15.6 Å². The third kappa shape index (κ3) is 3.59. The first-order valence-corrected chi connectivity index (χ1v) is 4.89. The molecule has 1 aromatic carbocycles. The van der Waals surface area contributed by atoms with Crippen molar-refractivity contribution in [3.63, 3.8) is 0 Å². The summed E-state index contributed by atoms with van der Waals surface area (Å²) in [4.78, 5) is 10.4. The van der Waals surface area contributed by atoms with Gasteiger partial charge in [0.05, 0.1) is 6.61 Å². The molecule has 1 atom stereocenters. The molecule has 0 aliphatic heterocycles. The maximum Gasteiger partial charge on any atom is 0.119 e. The normalized spacial score (nSPS) is 12.1. The van der Waals surface area contributed by atoms with E-state index in [4.69, 9.17) is 4.74 Å². The Kier molecular flexibility index (Phi) is 4.12. The Balaban J connectivity index is 2.75. The van der Waals surface area contributed by atoms with Gasteiger partial charge in [0.1, 0.15) is 11.8 Å². The number of benzene rings is 1. The summed E-state index contributed by atoms with van der Waals surface area (Å²) in [5.74, 6) is -0.348. The first-order chi connectivity index (χ1) is 7.13. The van der Waals surface area contributed by atoms with Gasteiger partial charge < -0.3 is 20.4 Å². The predicted molar refractivity (Wildman–Crippen MR) is 52.9 cm³/mol. The number of rotatable bonds is 5. The molecule has 1 rings (SSSR count). The van der Waals surface area contributed by atoms with Gasteiger partial charge >= 0.3 is 0 Å². The molecule has 0 aliphatic carbocycles. The second-order valence-electron chi connectivity index (χ2n) is 3.28. The molecule has 15 heavy (non-hydrogen) atoms. The number of hydrogen-bond donors (Lipinski definition) is 1. The third-order valence-corrected chi connectivity index (χ3v) is 2.05. The zero-order valence-electron chi connectivity index (χ0n) is 8.73. The average molecular weight is 209 g/mol. The Bertz CT molecular complexity index is 338. The number of carbonyl (C=O) groups excluding carboxylic acids is 1. The van der Waals surface area contributed by atoms with Crippen LogP contribution in [0.15, 0.2) is 24.3 Å². The molecular weight excluding hydrogens is 194 g/mol. The van der Waals surface area contributed by atoms with Crippen molar-refractivity contribution in [2.75, 3.05) is 6.61 Å². The largest absolute Gasteiger partial charge is 0.550 e. The second-order valence-corrected chi connectivity index (χ2v) is 3.28. The van der Waals surface area contributed by atoms with E-state index in [1.807, 2.05) is 31.2 Å². The SMILES string of the molecule is CCOc1cccc([C@H]([NH3+])CC(=O)[O-])c1. The molecule has 82 valence electrons. The molecule has 0 saturated heterocycles. The van der Waals surface area contributed by atoms with Crippen molar-refractivity contribution in [1.29, 1.82) is 0 Å². The van der Waals surface area contributed by atoms with Crippen molar-refractivity contribution in [3.8, 4) is 5.75 Å². The minimum atomic E-state index is -1.09. The van der Waals surface area contributed by atoms with Crippen LogP contribution in [0, 0.1) is 0 Å². The molecule has 3 N–H and O–H groups in total. The minimum Gasteiger partial charge on any atom is -0.550 e. The maximum absolute atomic E-state index is 10.4. The van der Waals surface area contributed by atoms with E-state index >= 15 is 0 Å². The van der Waals surface area contributed by atoms with E-state index in [0.717, 1.165) is 11.3 Å². The molecule has 0 spiro atoms. The Labute approximate surface area is 88.7 Å². The molecule has 0 saturated carbocycles. The van der Waals surface area contributed by atoms with Gasteiger partial charge in [-0.05, 0) is 19.1 Å². The number of quaternary nitrogens is 1. The van der Waals surface area contributed by atoms with Gasteiger partial charge in [0.25, 0.3) is 0 Å². The lowest BCUT2D eigenvalue weighted by Gasteiger charge is -2.11. The number of ether oxygens (including phenoxy) is 1. The van der Waals surface area contributed by atoms with E-state index in [1.54, 1.807) is 0 Å². The Morgan fingerprint density at radius 3 is 2.93 bits per heavy atom. The van der Waals surface area contributed by atoms with Gasteiger partial charge in [0, 0.05) is 18.0 Å². The molecule has 0 aromatic heterocycles. The summed E-state index contributed by atoms with van der Waals surface area (Å²) in [6, 6.07) is 7.01. The van der Waals surface area contributed by atoms with Gasteiger partial charge in [-0.15, -0.1) is 0 Å². The first kappa shape index (κ1) is 11.5. The summed E-state index contributed by atoms with van der Waals surface area (Å²) in [6.07, 6.45) is -0.0738. The summed E-state index contributed by atoms with van der Waals surface area (Å²) in [7, 11) is 0. The number of carboxylic acid groups (broad SMARTS) is 1. The molecule has 0 amide bonds. The summed E-state index contributed by atoms with van der Waals surface area (Å²) >= 11 is 0. The van der Waals surface area contributed by atoms with Gasteiger partial charge in [-0.3, -0.25) is 0 Å². The van der Waals surface area contributed by atoms with E-state index in [1.165, 1.54) is 0 Å². The zero-order valence-corrected chi connectivity index (χ0v) is 8.73. The van der Waals surface area contributed by atoms with Crippen molar-refractivity contribution >= 4 is 5.97 Å². The second kappa shape index (κ2) is 5.36. The van der Waals surface area contributed by atoms with Gasteiger partial charge in [-0.25, -0.2) is 0 Å². The van der Waals surface area contributed by atoms with Crippen molar-refractivity contribution in [3.05, 3.63) is 29.8 Å². The van der Waals surface area contributed by atoms with E-state index in [9.17, 15) is 9.90 Å². The predicted octanol–water partition coefficient (Wildman–Crippen LogP) is -0.492. The molecule has 0 aliphatic rings. The molecule has 0 fully saturated rings. The number of carbonyl (C=O) groups is 1. The molecule has 0 radical (unpaired) electrons. The van der Waals surface area contributed by atoms with Crippen LogP contribution in [0.2, 0.25) is 0 Å². The third-order valence-electron chi connectivity index (χ3n) is 2.05. The van der Waals surface area contributed by atoms with Crippen LogP contribution >= 0.6 is 0 Å². The number of aliphatic carboxylic acids is 1. The molecule has 1 aromatic rings. The first-order valence-electron chi connectivity index (χ1n) is 4.89. The van der Waals surface area contributed by atoms with Crippen LogP contribution in [0.3, 0.4) is 0 Å². The van der Waals surface area contributed by atoms with Crippen LogP contribution in [0.4, 0.5) is 0 Å². The quantitative estimate of drug-likeness (QED) is 0.710.